The summed E-state index contributed by atoms with van der Waals surface area (Å²) in [4.78, 5) is 10.6. The van der Waals surface area contributed by atoms with E-state index >= 15 is 0 Å². The Bertz CT molecular complexity index is 334. The maximum absolute atomic E-state index is 10.6. The molecule has 0 bridgehead atoms. The molecule has 0 radical (unpaired) electrons. The smallest absolute Gasteiger partial charge is 0.371 e. The second-order valence-corrected chi connectivity index (χ2v) is 3.76. The van der Waals surface area contributed by atoms with Crippen molar-refractivity contribution in [3.05, 3.63) is 23.7 Å². The number of carboxylic acid groups (broad SMARTS) is 1. The summed E-state index contributed by atoms with van der Waals surface area (Å²) in [5.74, 6) is -0.0262. The summed E-state index contributed by atoms with van der Waals surface area (Å²) >= 11 is 0. The molecule has 1 heterocycles. The van der Waals surface area contributed by atoms with Crippen LogP contribution in [-0.2, 0) is 11.3 Å². The molecular weight excluding hydrogens is 210 g/mol. The van der Waals surface area contributed by atoms with Gasteiger partial charge in [0, 0.05) is 20.3 Å². The molecule has 0 saturated carbocycles. The molecule has 0 aliphatic heterocycles. The highest BCUT2D eigenvalue weighted by Crippen LogP contribution is 2.07. The molecule has 1 aromatic rings. The van der Waals surface area contributed by atoms with Crippen LogP contribution in [0, 0.1) is 5.92 Å². The molecule has 0 saturated heterocycles. The van der Waals surface area contributed by atoms with E-state index in [1.165, 1.54) is 6.07 Å². The van der Waals surface area contributed by atoms with Crippen LogP contribution in [0.2, 0.25) is 0 Å². The Morgan fingerprint density at radius 1 is 1.62 bits per heavy atom. The fraction of sp³-hybridized carbons (Fsp3) is 0.545. The molecule has 5 heteroatoms. The van der Waals surface area contributed by atoms with E-state index < -0.39 is 5.97 Å². The maximum Gasteiger partial charge on any atom is 0.371 e. The van der Waals surface area contributed by atoms with E-state index in [2.05, 4.69) is 12.2 Å². The van der Waals surface area contributed by atoms with Crippen molar-refractivity contribution in [1.29, 1.82) is 0 Å². The summed E-state index contributed by atoms with van der Waals surface area (Å²) in [5.41, 5.74) is 0. The molecule has 0 amide bonds. The highest BCUT2D eigenvalue weighted by molar-refractivity contribution is 5.84. The van der Waals surface area contributed by atoms with E-state index in [1.807, 2.05) is 0 Å². The molecule has 90 valence electrons. The highest BCUT2D eigenvalue weighted by Gasteiger charge is 2.08. The number of carboxylic acids is 1. The molecule has 1 unspecified atom stereocenters. The predicted octanol–water partition coefficient (Wildman–Crippen LogP) is 1.35. The van der Waals surface area contributed by atoms with Crippen LogP contribution in [0.5, 0.6) is 0 Å². The molecule has 2 N–H and O–H groups in total. The number of aromatic carboxylic acids is 1. The van der Waals surface area contributed by atoms with Crippen LogP contribution < -0.4 is 5.32 Å². The first-order valence-electron chi connectivity index (χ1n) is 5.15. The number of carbonyl (C=O) groups is 1. The molecule has 0 aliphatic rings. The third kappa shape index (κ3) is 4.04. The van der Waals surface area contributed by atoms with Crippen molar-refractivity contribution >= 4 is 5.97 Å². The molecule has 16 heavy (non-hydrogen) atoms. The summed E-state index contributed by atoms with van der Waals surface area (Å²) in [5, 5.41) is 11.8. The maximum atomic E-state index is 10.6. The van der Waals surface area contributed by atoms with Crippen LogP contribution in [-0.4, -0.2) is 31.3 Å². The Labute approximate surface area is 94.4 Å². The van der Waals surface area contributed by atoms with Crippen LogP contribution >= 0.6 is 0 Å². The van der Waals surface area contributed by atoms with Gasteiger partial charge in [0.25, 0.3) is 0 Å². The van der Waals surface area contributed by atoms with Crippen LogP contribution in [0.4, 0.5) is 0 Å². The summed E-state index contributed by atoms with van der Waals surface area (Å²) in [6.45, 7) is 4.10. The van der Waals surface area contributed by atoms with Gasteiger partial charge < -0.3 is 19.6 Å². The molecule has 0 fully saturated rings. The largest absolute Gasteiger partial charge is 0.475 e. The van der Waals surface area contributed by atoms with Gasteiger partial charge in [-0.05, 0) is 18.1 Å². The number of rotatable bonds is 7. The highest BCUT2D eigenvalue weighted by atomic mass is 16.5. The lowest BCUT2D eigenvalue weighted by Crippen LogP contribution is -2.23. The number of hydrogen-bond acceptors (Lipinski definition) is 4. The quantitative estimate of drug-likeness (QED) is 0.735. The van der Waals surface area contributed by atoms with Crippen LogP contribution in [0.15, 0.2) is 16.5 Å². The van der Waals surface area contributed by atoms with E-state index in [0.717, 1.165) is 6.54 Å². The normalized spacial score (nSPS) is 12.6. The Hall–Kier alpha value is -1.33. The fourth-order valence-electron chi connectivity index (χ4n) is 1.37. The van der Waals surface area contributed by atoms with Gasteiger partial charge in [-0.1, -0.05) is 6.92 Å². The molecule has 1 atom stereocenters. The Morgan fingerprint density at radius 2 is 2.38 bits per heavy atom. The van der Waals surface area contributed by atoms with E-state index in [-0.39, 0.29) is 5.76 Å². The zero-order valence-corrected chi connectivity index (χ0v) is 9.53. The zero-order valence-electron chi connectivity index (χ0n) is 9.53. The van der Waals surface area contributed by atoms with Gasteiger partial charge in [-0.3, -0.25) is 0 Å². The molecule has 1 aromatic heterocycles. The van der Waals surface area contributed by atoms with E-state index in [0.29, 0.717) is 24.8 Å². The first-order chi connectivity index (χ1) is 7.63. The van der Waals surface area contributed by atoms with Gasteiger partial charge in [-0.25, -0.2) is 4.79 Å². The van der Waals surface area contributed by atoms with Crippen molar-refractivity contribution < 1.29 is 19.1 Å². The van der Waals surface area contributed by atoms with Crippen molar-refractivity contribution in [2.75, 3.05) is 20.3 Å². The number of hydrogen-bond donors (Lipinski definition) is 2. The summed E-state index contributed by atoms with van der Waals surface area (Å²) in [7, 11) is 1.67. The zero-order chi connectivity index (χ0) is 12.0. The number of nitrogens with one attached hydrogen (secondary N) is 1. The van der Waals surface area contributed by atoms with Crippen molar-refractivity contribution in [3.63, 3.8) is 0 Å². The molecule has 0 aliphatic carbocycles. The SMILES string of the molecule is COCC(C)CNCc1ccc(C(=O)O)o1. The van der Waals surface area contributed by atoms with Crippen molar-refractivity contribution in [1.82, 2.24) is 5.32 Å². The Morgan fingerprint density at radius 3 is 2.94 bits per heavy atom. The first-order valence-corrected chi connectivity index (χ1v) is 5.15. The summed E-state index contributed by atoms with van der Waals surface area (Å²) in [6.07, 6.45) is 0. The number of methoxy groups -OCH3 is 1. The van der Waals surface area contributed by atoms with Gasteiger partial charge in [0.05, 0.1) is 6.54 Å². The lowest BCUT2D eigenvalue weighted by Gasteiger charge is -2.10. The molecule has 1 rings (SSSR count). The van der Waals surface area contributed by atoms with Crippen molar-refractivity contribution in [2.24, 2.45) is 5.92 Å². The van der Waals surface area contributed by atoms with Crippen molar-refractivity contribution in [2.45, 2.75) is 13.5 Å². The van der Waals surface area contributed by atoms with Crippen LogP contribution in [0.3, 0.4) is 0 Å². The van der Waals surface area contributed by atoms with Crippen LogP contribution in [0.1, 0.15) is 23.2 Å². The third-order valence-corrected chi connectivity index (χ3v) is 2.12. The Balaban J connectivity index is 2.29. The third-order valence-electron chi connectivity index (χ3n) is 2.12. The lowest BCUT2D eigenvalue weighted by atomic mass is 10.2. The van der Waals surface area contributed by atoms with Gasteiger partial charge in [0.1, 0.15) is 5.76 Å². The van der Waals surface area contributed by atoms with Gasteiger partial charge in [-0.15, -0.1) is 0 Å². The molecular formula is C11H17NO4. The van der Waals surface area contributed by atoms with Crippen molar-refractivity contribution in [3.8, 4) is 0 Å². The minimum Gasteiger partial charge on any atom is -0.475 e. The average Bonchev–Trinajstić information content (AvgIpc) is 2.67. The summed E-state index contributed by atoms with van der Waals surface area (Å²) < 4.78 is 10.1. The van der Waals surface area contributed by atoms with E-state index in [9.17, 15) is 4.79 Å². The number of ether oxygens (including phenoxy) is 1. The minimum absolute atomic E-state index is 0.0262. The lowest BCUT2D eigenvalue weighted by molar-refractivity contribution is 0.0660. The first kappa shape index (κ1) is 12.7. The van der Waals surface area contributed by atoms with E-state index in [4.69, 9.17) is 14.3 Å². The average molecular weight is 227 g/mol. The van der Waals surface area contributed by atoms with Gasteiger partial charge >= 0.3 is 5.97 Å². The predicted molar refractivity (Wildman–Crippen MR) is 58.4 cm³/mol. The Kier molecular flexibility index (Phi) is 5.01. The summed E-state index contributed by atoms with van der Waals surface area (Å²) in [6, 6.07) is 3.12. The van der Waals surface area contributed by atoms with Gasteiger partial charge in [0.15, 0.2) is 0 Å². The second kappa shape index (κ2) is 6.30. The standard InChI is InChI=1S/C11H17NO4/c1-8(7-15-2)5-12-6-9-3-4-10(16-9)11(13)14/h3-4,8,12H,5-7H2,1-2H3,(H,13,14). The second-order valence-electron chi connectivity index (χ2n) is 3.76. The fourth-order valence-corrected chi connectivity index (χ4v) is 1.37. The van der Waals surface area contributed by atoms with Gasteiger partial charge in [-0.2, -0.15) is 0 Å². The van der Waals surface area contributed by atoms with Gasteiger partial charge in [0.2, 0.25) is 5.76 Å². The van der Waals surface area contributed by atoms with E-state index in [1.54, 1.807) is 13.2 Å². The minimum atomic E-state index is -1.04. The number of furan rings is 1. The monoisotopic (exact) mass is 227 g/mol. The van der Waals surface area contributed by atoms with Crippen LogP contribution in [0.25, 0.3) is 0 Å². The molecule has 5 nitrogen and oxygen atoms in total. The molecule has 0 aromatic carbocycles. The topological polar surface area (TPSA) is 71.7 Å². The molecule has 0 spiro atoms.